The molecule has 1 heterocycles. The lowest BCUT2D eigenvalue weighted by Gasteiger charge is -2.08. The van der Waals surface area contributed by atoms with Crippen LogP contribution in [0, 0.1) is 0 Å². The summed E-state index contributed by atoms with van der Waals surface area (Å²) in [6.45, 7) is -0.312. The minimum atomic E-state index is -3.73. The van der Waals surface area contributed by atoms with Crippen molar-refractivity contribution in [2.24, 2.45) is 5.73 Å². The summed E-state index contributed by atoms with van der Waals surface area (Å²) < 4.78 is 36.6. The topological polar surface area (TPSA) is 98.8 Å². The molecule has 8 heteroatoms. The smallest absolute Gasteiger partial charge is 0.231 e. The van der Waals surface area contributed by atoms with Gasteiger partial charge in [-0.05, 0) is 42.0 Å². The van der Waals surface area contributed by atoms with Crippen LogP contribution < -0.4 is 15.2 Å². The Balaban J connectivity index is 1.73. The van der Waals surface area contributed by atoms with Gasteiger partial charge < -0.3 is 20.3 Å². The summed E-state index contributed by atoms with van der Waals surface area (Å²) in [6, 6.07) is 11.1. The van der Waals surface area contributed by atoms with Crippen LogP contribution in [0.1, 0.15) is 11.5 Å². The van der Waals surface area contributed by atoms with Gasteiger partial charge in [-0.25, -0.2) is 8.42 Å². The van der Waals surface area contributed by atoms with E-state index in [1.54, 1.807) is 18.2 Å². The number of hydrogen-bond donors (Lipinski definition) is 2. The highest BCUT2D eigenvalue weighted by Gasteiger charge is 2.69. The maximum absolute atomic E-state index is 13.0. The molecule has 0 saturated heterocycles. The van der Waals surface area contributed by atoms with Gasteiger partial charge in [0.05, 0.1) is 22.3 Å². The number of hydrogen-bond acceptors (Lipinski definition) is 6. The molecular formula is C17H16ClNO5S. The number of benzene rings is 2. The predicted molar refractivity (Wildman–Crippen MR) is 91.7 cm³/mol. The minimum absolute atomic E-state index is 0.129. The molecule has 4 rings (SSSR count). The Bertz CT molecular complexity index is 931. The van der Waals surface area contributed by atoms with E-state index in [-0.39, 0.29) is 11.7 Å². The molecule has 0 aromatic heterocycles. The van der Waals surface area contributed by atoms with Crippen LogP contribution in [0.5, 0.6) is 11.5 Å². The normalized spacial score (nSPS) is 27.3. The molecule has 0 spiro atoms. The molecule has 2 aromatic rings. The maximum atomic E-state index is 13.0. The first-order valence-corrected chi connectivity index (χ1v) is 9.59. The summed E-state index contributed by atoms with van der Waals surface area (Å²) in [4.78, 5) is 0.133. The number of nitrogens with two attached hydrogens (primary N) is 1. The van der Waals surface area contributed by atoms with Crippen LogP contribution in [0.25, 0.3) is 0 Å². The van der Waals surface area contributed by atoms with Gasteiger partial charge in [0, 0.05) is 10.9 Å². The second-order valence-electron chi connectivity index (χ2n) is 6.28. The fourth-order valence-electron chi connectivity index (χ4n) is 3.44. The first-order valence-electron chi connectivity index (χ1n) is 7.66. The van der Waals surface area contributed by atoms with E-state index < -0.39 is 33.2 Å². The number of aliphatic hydroxyl groups is 1. The first kappa shape index (κ1) is 16.7. The Morgan fingerprint density at radius 3 is 2.52 bits per heavy atom. The van der Waals surface area contributed by atoms with Crippen LogP contribution in [0.15, 0.2) is 47.4 Å². The van der Waals surface area contributed by atoms with Gasteiger partial charge >= 0.3 is 0 Å². The summed E-state index contributed by atoms with van der Waals surface area (Å²) in [5.41, 5.74) is 5.69. The van der Waals surface area contributed by atoms with E-state index in [0.29, 0.717) is 22.1 Å². The molecule has 3 N–H and O–H groups in total. The summed E-state index contributed by atoms with van der Waals surface area (Å²) in [5.74, 6) is 0.619. The SMILES string of the molecule is N[C@@]1(CO)[C@H](c2ccc3c(c2)OCO3)[C@@H]1S(=O)(=O)c1ccc(Cl)cc1. The highest BCUT2D eigenvalue weighted by atomic mass is 35.5. The molecule has 1 saturated carbocycles. The van der Waals surface area contributed by atoms with Crippen molar-refractivity contribution in [3.8, 4) is 11.5 Å². The van der Waals surface area contributed by atoms with Crippen molar-refractivity contribution < 1.29 is 23.0 Å². The Morgan fingerprint density at radius 2 is 1.84 bits per heavy atom. The van der Waals surface area contributed by atoms with Gasteiger partial charge in [0.15, 0.2) is 21.3 Å². The molecule has 0 bridgehead atoms. The lowest BCUT2D eigenvalue weighted by atomic mass is 10.1. The van der Waals surface area contributed by atoms with Crippen molar-refractivity contribution in [2.75, 3.05) is 13.4 Å². The van der Waals surface area contributed by atoms with Gasteiger partial charge in [-0.15, -0.1) is 0 Å². The average Bonchev–Trinajstić information content (AvgIpc) is 2.99. The zero-order valence-electron chi connectivity index (χ0n) is 13.1. The summed E-state index contributed by atoms with van der Waals surface area (Å²) >= 11 is 5.83. The minimum Gasteiger partial charge on any atom is -0.454 e. The number of ether oxygens (including phenoxy) is 2. The molecule has 2 aromatic carbocycles. The van der Waals surface area contributed by atoms with Crippen LogP contribution in [-0.2, 0) is 9.84 Å². The van der Waals surface area contributed by atoms with E-state index in [1.807, 2.05) is 0 Å². The molecule has 132 valence electrons. The zero-order chi connectivity index (χ0) is 17.8. The third-order valence-corrected chi connectivity index (χ3v) is 7.37. The lowest BCUT2D eigenvalue weighted by molar-refractivity contribution is 0.174. The maximum Gasteiger partial charge on any atom is 0.231 e. The van der Waals surface area contributed by atoms with Crippen LogP contribution in [0.2, 0.25) is 5.02 Å². The van der Waals surface area contributed by atoms with E-state index in [1.165, 1.54) is 24.3 Å². The van der Waals surface area contributed by atoms with Gasteiger partial charge in [0.1, 0.15) is 0 Å². The Kier molecular flexibility index (Phi) is 3.73. The fraction of sp³-hybridized carbons (Fsp3) is 0.294. The van der Waals surface area contributed by atoms with E-state index in [9.17, 15) is 13.5 Å². The standard InChI is InChI=1S/C17H16ClNO5S/c18-11-2-4-12(5-3-11)25(21,22)16-15(17(16,19)8-20)10-1-6-13-14(7-10)24-9-23-13/h1-7,15-16,20H,8-9,19H2/t15-,16+,17+/m1/s1. The summed E-state index contributed by atoms with van der Waals surface area (Å²) in [5, 5.41) is 9.27. The fourth-order valence-corrected chi connectivity index (χ4v) is 5.87. The molecule has 0 radical (unpaired) electrons. The zero-order valence-corrected chi connectivity index (χ0v) is 14.6. The van der Waals surface area contributed by atoms with Gasteiger partial charge in [-0.3, -0.25) is 0 Å². The highest BCUT2D eigenvalue weighted by molar-refractivity contribution is 7.92. The Hall–Kier alpha value is -1.80. The molecule has 1 fully saturated rings. The monoisotopic (exact) mass is 381 g/mol. The number of rotatable bonds is 4. The van der Waals surface area contributed by atoms with Gasteiger partial charge in [-0.1, -0.05) is 17.7 Å². The quantitative estimate of drug-likeness (QED) is 0.836. The van der Waals surface area contributed by atoms with Gasteiger partial charge in [-0.2, -0.15) is 0 Å². The third-order valence-electron chi connectivity index (χ3n) is 4.81. The molecule has 1 aliphatic heterocycles. The second-order valence-corrected chi connectivity index (χ2v) is 8.79. The van der Waals surface area contributed by atoms with Gasteiger partial charge in [0.2, 0.25) is 6.79 Å². The van der Waals surface area contributed by atoms with Crippen molar-refractivity contribution in [3.63, 3.8) is 0 Å². The molecule has 25 heavy (non-hydrogen) atoms. The van der Waals surface area contributed by atoms with E-state index in [0.717, 1.165) is 0 Å². The van der Waals surface area contributed by atoms with Crippen molar-refractivity contribution in [1.82, 2.24) is 0 Å². The molecular weight excluding hydrogens is 366 g/mol. The second kappa shape index (κ2) is 5.60. The average molecular weight is 382 g/mol. The molecule has 1 aliphatic carbocycles. The number of halogens is 1. The van der Waals surface area contributed by atoms with Crippen molar-refractivity contribution >= 4 is 21.4 Å². The lowest BCUT2D eigenvalue weighted by Crippen LogP contribution is -2.35. The van der Waals surface area contributed by atoms with Crippen molar-refractivity contribution in [2.45, 2.75) is 21.6 Å². The van der Waals surface area contributed by atoms with E-state index in [2.05, 4.69) is 0 Å². The molecule has 0 unspecified atom stereocenters. The van der Waals surface area contributed by atoms with Crippen LogP contribution >= 0.6 is 11.6 Å². The highest BCUT2D eigenvalue weighted by Crippen LogP contribution is 2.56. The molecule has 6 nitrogen and oxygen atoms in total. The summed E-state index contributed by atoms with van der Waals surface area (Å²) in [7, 11) is -3.73. The Morgan fingerprint density at radius 1 is 1.16 bits per heavy atom. The van der Waals surface area contributed by atoms with E-state index in [4.69, 9.17) is 26.8 Å². The predicted octanol–water partition coefficient (Wildman–Crippen LogP) is 1.70. The molecule has 3 atom stereocenters. The largest absolute Gasteiger partial charge is 0.454 e. The third kappa shape index (κ3) is 2.50. The Labute approximate surface area is 150 Å². The number of sulfone groups is 1. The van der Waals surface area contributed by atoms with Crippen LogP contribution in [0.3, 0.4) is 0 Å². The van der Waals surface area contributed by atoms with Gasteiger partial charge in [0.25, 0.3) is 0 Å². The van der Waals surface area contributed by atoms with Crippen LogP contribution in [-0.4, -0.2) is 37.7 Å². The first-order chi connectivity index (χ1) is 11.9. The van der Waals surface area contributed by atoms with Crippen molar-refractivity contribution in [3.05, 3.63) is 53.1 Å². The van der Waals surface area contributed by atoms with E-state index >= 15 is 0 Å². The van der Waals surface area contributed by atoms with Crippen LogP contribution in [0.4, 0.5) is 0 Å². The molecule has 2 aliphatic rings. The number of aliphatic hydroxyl groups excluding tert-OH is 1. The number of fused-ring (bicyclic) bond motifs is 1. The summed E-state index contributed by atoms with van der Waals surface area (Å²) in [6.07, 6.45) is 0. The van der Waals surface area contributed by atoms with Crippen molar-refractivity contribution in [1.29, 1.82) is 0 Å². The molecule has 0 amide bonds.